The van der Waals surface area contributed by atoms with Crippen molar-refractivity contribution in [2.45, 2.75) is 66.8 Å². The average molecular weight is 252 g/mol. The van der Waals surface area contributed by atoms with Gasteiger partial charge < -0.3 is 5.11 Å². The summed E-state index contributed by atoms with van der Waals surface area (Å²) in [6, 6.07) is 0. The molecule has 104 valence electrons. The van der Waals surface area contributed by atoms with Crippen LogP contribution in [0.5, 0.6) is 5.75 Å². The molecule has 1 aromatic heterocycles. The van der Waals surface area contributed by atoms with Crippen molar-refractivity contribution >= 4 is 0 Å². The molecule has 3 heteroatoms. The lowest BCUT2D eigenvalue weighted by Gasteiger charge is -2.23. The fraction of sp³-hybridized carbons (Fsp3) is 0.800. The SMILES string of the molecule is CC(C)Cc1nn(C(C)(C)C)c(CC(C)C)c1O. The minimum absolute atomic E-state index is 0.0864. The molecule has 0 saturated heterocycles. The normalized spacial score (nSPS) is 12.7. The van der Waals surface area contributed by atoms with Gasteiger partial charge in [-0.25, -0.2) is 0 Å². The monoisotopic (exact) mass is 252 g/mol. The van der Waals surface area contributed by atoms with Gasteiger partial charge in [0.2, 0.25) is 0 Å². The first kappa shape index (κ1) is 15.1. The molecule has 18 heavy (non-hydrogen) atoms. The molecule has 1 N–H and O–H groups in total. The van der Waals surface area contributed by atoms with Crippen LogP contribution in [0.25, 0.3) is 0 Å². The molecule has 1 aromatic rings. The van der Waals surface area contributed by atoms with Gasteiger partial charge in [-0.2, -0.15) is 5.10 Å². The van der Waals surface area contributed by atoms with Crippen LogP contribution in [0.1, 0.15) is 59.9 Å². The van der Waals surface area contributed by atoms with Crippen molar-refractivity contribution in [3.05, 3.63) is 11.4 Å². The number of nitrogens with zero attached hydrogens (tertiary/aromatic N) is 2. The third-order valence-electron chi connectivity index (χ3n) is 2.86. The van der Waals surface area contributed by atoms with E-state index in [-0.39, 0.29) is 5.54 Å². The summed E-state index contributed by atoms with van der Waals surface area (Å²) in [5.41, 5.74) is 1.74. The molecular formula is C15H28N2O. The molecule has 0 atom stereocenters. The second kappa shape index (κ2) is 5.33. The van der Waals surface area contributed by atoms with Gasteiger partial charge in [-0.1, -0.05) is 27.7 Å². The summed E-state index contributed by atoms with van der Waals surface area (Å²) in [7, 11) is 0. The second-order valence-corrected chi connectivity index (χ2v) is 7.02. The van der Waals surface area contributed by atoms with Gasteiger partial charge in [-0.3, -0.25) is 4.68 Å². The third-order valence-corrected chi connectivity index (χ3v) is 2.86. The zero-order valence-corrected chi connectivity index (χ0v) is 12.9. The summed E-state index contributed by atoms with van der Waals surface area (Å²) in [6.45, 7) is 15.0. The van der Waals surface area contributed by atoms with Crippen LogP contribution >= 0.6 is 0 Å². The lowest BCUT2D eigenvalue weighted by molar-refractivity contribution is 0.332. The van der Waals surface area contributed by atoms with Crippen molar-refractivity contribution in [3.63, 3.8) is 0 Å². The Labute approximate surface area is 111 Å². The smallest absolute Gasteiger partial charge is 0.160 e. The predicted molar refractivity (Wildman–Crippen MR) is 76.0 cm³/mol. The average Bonchev–Trinajstić information content (AvgIpc) is 2.44. The standard InChI is InChI=1S/C15H28N2O/c1-10(2)8-12-14(18)13(9-11(3)4)17(16-12)15(5,6)7/h10-11,18H,8-9H2,1-7H3. The summed E-state index contributed by atoms with van der Waals surface area (Å²) in [4.78, 5) is 0. The fourth-order valence-electron chi connectivity index (χ4n) is 2.14. The highest BCUT2D eigenvalue weighted by molar-refractivity contribution is 5.33. The van der Waals surface area contributed by atoms with Crippen LogP contribution in [-0.2, 0) is 18.4 Å². The van der Waals surface area contributed by atoms with E-state index in [4.69, 9.17) is 0 Å². The number of aromatic nitrogens is 2. The van der Waals surface area contributed by atoms with E-state index in [2.05, 4.69) is 53.6 Å². The first-order chi connectivity index (χ1) is 8.12. The minimum atomic E-state index is -0.0864. The van der Waals surface area contributed by atoms with E-state index in [9.17, 15) is 5.11 Å². The summed E-state index contributed by atoms with van der Waals surface area (Å²) >= 11 is 0. The van der Waals surface area contributed by atoms with Crippen LogP contribution in [0.15, 0.2) is 0 Å². The highest BCUT2D eigenvalue weighted by Gasteiger charge is 2.25. The van der Waals surface area contributed by atoms with Crippen LogP contribution < -0.4 is 0 Å². The van der Waals surface area contributed by atoms with Gasteiger partial charge in [0.05, 0.1) is 11.2 Å². The summed E-state index contributed by atoms with van der Waals surface area (Å²) in [5.74, 6) is 1.43. The maximum atomic E-state index is 10.4. The van der Waals surface area contributed by atoms with Gasteiger partial charge in [-0.15, -0.1) is 0 Å². The molecule has 0 aliphatic rings. The molecule has 0 radical (unpaired) electrons. The van der Waals surface area contributed by atoms with Crippen molar-refractivity contribution in [1.82, 2.24) is 9.78 Å². The first-order valence-electron chi connectivity index (χ1n) is 6.93. The van der Waals surface area contributed by atoms with E-state index in [1.807, 2.05) is 4.68 Å². The van der Waals surface area contributed by atoms with Gasteiger partial charge in [0.1, 0.15) is 5.69 Å². The molecule has 1 heterocycles. The van der Waals surface area contributed by atoms with Crippen molar-refractivity contribution in [2.75, 3.05) is 0 Å². The maximum Gasteiger partial charge on any atom is 0.160 e. The van der Waals surface area contributed by atoms with Crippen LogP contribution in [-0.4, -0.2) is 14.9 Å². The Morgan fingerprint density at radius 3 is 1.94 bits per heavy atom. The van der Waals surface area contributed by atoms with Crippen molar-refractivity contribution < 1.29 is 5.11 Å². The highest BCUT2D eigenvalue weighted by Crippen LogP contribution is 2.30. The molecule has 3 nitrogen and oxygen atoms in total. The van der Waals surface area contributed by atoms with Gasteiger partial charge in [0.25, 0.3) is 0 Å². The third kappa shape index (κ3) is 3.50. The number of rotatable bonds is 4. The molecule has 0 spiro atoms. The van der Waals surface area contributed by atoms with E-state index in [1.165, 1.54) is 0 Å². The second-order valence-electron chi connectivity index (χ2n) is 7.02. The maximum absolute atomic E-state index is 10.4. The summed E-state index contributed by atoms with van der Waals surface area (Å²) in [6.07, 6.45) is 1.70. The molecule has 0 aliphatic carbocycles. The molecule has 0 amide bonds. The predicted octanol–water partition coefficient (Wildman–Crippen LogP) is 3.74. The molecule has 0 saturated carbocycles. The molecule has 0 unspecified atom stereocenters. The summed E-state index contributed by atoms with van der Waals surface area (Å²) < 4.78 is 2.00. The van der Waals surface area contributed by atoms with Crippen molar-refractivity contribution in [2.24, 2.45) is 11.8 Å². The van der Waals surface area contributed by atoms with E-state index >= 15 is 0 Å². The highest BCUT2D eigenvalue weighted by atomic mass is 16.3. The Balaban J connectivity index is 3.23. The van der Waals surface area contributed by atoms with Gasteiger partial charge in [0.15, 0.2) is 5.75 Å². The largest absolute Gasteiger partial charge is 0.504 e. The molecule has 0 aliphatic heterocycles. The Morgan fingerprint density at radius 2 is 1.56 bits per heavy atom. The van der Waals surface area contributed by atoms with Crippen molar-refractivity contribution in [1.29, 1.82) is 0 Å². The molecular weight excluding hydrogens is 224 g/mol. The van der Waals surface area contributed by atoms with E-state index < -0.39 is 0 Å². The lowest BCUT2D eigenvalue weighted by atomic mass is 10.0. The molecule has 0 aromatic carbocycles. The number of hydrogen-bond acceptors (Lipinski definition) is 2. The van der Waals surface area contributed by atoms with Crippen molar-refractivity contribution in [3.8, 4) is 5.75 Å². The number of aromatic hydroxyl groups is 1. The van der Waals surface area contributed by atoms with E-state index in [1.54, 1.807) is 0 Å². The lowest BCUT2D eigenvalue weighted by Crippen LogP contribution is -2.26. The minimum Gasteiger partial charge on any atom is -0.504 e. The van der Waals surface area contributed by atoms with Gasteiger partial charge in [-0.05, 0) is 45.4 Å². The van der Waals surface area contributed by atoms with Crippen LogP contribution in [0.3, 0.4) is 0 Å². The fourth-order valence-corrected chi connectivity index (χ4v) is 2.14. The molecule has 0 bridgehead atoms. The van der Waals surface area contributed by atoms with Gasteiger partial charge >= 0.3 is 0 Å². The van der Waals surface area contributed by atoms with E-state index in [0.717, 1.165) is 24.2 Å². The van der Waals surface area contributed by atoms with Crippen LogP contribution in [0, 0.1) is 11.8 Å². The Morgan fingerprint density at radius 1 is 1.06 bits per heavy atom. The van der Waals surface area contributed by atoms with Gasteiger partial charge in [0, 0.05) is 0 Å². The Hall–Kier alpha value is -0.990. The Kier molecular flexibility index (Phi) is 4.46. The molecule has 0 fully saturated rings. The zero-order chi connectivity index (χ0) is 14.1. The summed E-state index contributed by atoms with van der Waals surface area (Å²) in [5, 5.41) is 15.0. The van der Waals surface area contributed by atoms with E-state index in [0.29, 0.717) is 17.6 Å². The first-order valence-corrected chi connectivity index (χ1v) is 6.93. The quantitative estimate of drug-likeness (QED) is 0.886. The number of hydrogen-bond donors (Lipinski definition) is 1. The Bertz CT molecular complexity index is 397. The van der Waals surface area contributed by atoms with Crippen LogP contribution in [0.4, 0.5) is 0 Å². The topological polar surface area (TPSA) is 38.0 Å². The molecule has 1 rings (SSSR count). The zero-order valence-electron chi connectivity index (χ0n) is 12.9. The van der Waals surface area contributed by atoms with Crippen LogP contribution in [0.2, 0.25) is 0 Å².